The monoisotopic (exact) mass is 679 g/mol. The summed E-state index contributed by atoms with van der Waals surface area (Å²) in [5, 5.41) is 5.98. The van der Waals surface area contributed by atoms with Gasteiger partial charge in [-0.15, -0.1) is 0 Å². The van der Waals surface area contributed by atoms with Gasteiger partial charge in [-0.3, -0.25) is 18.9 Å². The molecule has 0 spiro atoms. The second kappa shape index (κ2) is 11.4. The summed E-state index contributed by atoms with van der Waals surface area (Å²) in [6, 6.07) is 56.5. The predicted molar refractivity (Wildman–Crippen MR) is 217 cm³/mol. The largest absolute Gasteiger partial charge is 0.309 e. The molecule has 6 nitrogen and oxygen atoms in total. The fraction of sp³-hybridized carbons (Fsp3) is 0. The van der Waals surface area contributed by atoms with Crippen molar-refractivity contribution in [3.05, 3.63) is 187 Å². The second-order valence-corrected chi connectivity index (χ2v) is 13.4. The van der Waals surface area contributed by atoms with Crippen LogP contribution in [-0.2, 0) is 0 Å². The van der Waals surface area contributed by atoms with Gasteiger partial charge in [0, 0.05) is 50.7 Å². The predicted octanol–water partition coefficient (Wildman–Crippen LogP) is 10.8. The van der Waals surface area contributed by atoms with Crippen LogP contribution in [0.15, 0.2) is 181 Å². The molecule has 6 aromatic carbocycles. The summed E-state index contributed by atoms with van der Waals surface area (Å²) in [7, 11) is 0. The summed E-state index contributed by atoms with van der Waals surface area (Å²) in [6.45, 7) is 0. The van der Waals surface area contributed by atoms with Gasteiger partial charge in [0.1, 0.15) is 5.82 Å². The summed E-state index contributed by atoms with van der Waals surface area (Å²) in [4.78, 5) is 24.0. The molecule has 0 N–H and O–H groups in total. The average Bonchev–Trinajstić information content (AvgIpc) is 3.74. The molecule has 11 rings (SSSR count). The van der Waals surface area contributed by atoms with E-state index in [4.69, 9.17) is 9.97 Å². The lowest BCUT2D eigenvalue weighted by molar-refractivity contribution is 1.05. The van der Waals surface area contributed by atoms with Crippen LogP contribution in [0, 0.1) is 0 Å². The van der Waals surface area contributed by atoms with E-state index >= 15 is 0 Å². The molecule has 0 bridgehead atoms. The van der Waals surface area contributed by atoms with Crippen LogP contribution in [0.25, 0.3) is 93.7 Å². The molecule has 6 heteroatoms. The van der Waals surface area contributed by atoms with Gasteiger partial charge in [-0.2, -0.15) is 0 Å². The normalized spacial score (nSPS) is 11.8. The first-order valence-corrected chi connectivity index (χ1v) is 17.7. The van der Waals surface area contributed by atoms with Crippen molar-refractivity contribution in [2.45, 2.75) is 0 Å². The molecule has 0 unspecified atom stereocenters. The average molecular weight is 680 g/mol. The molecule has 11 aromatic rings. The molecule has 0 radical (unpaired) electrons. The molecule has 0 fully saturated rings. The third-order valence-electron chi connectivity index (χ3n) is 10.5. The molecule has 0 aliphatic heterocycles. The lowest BCUT2D eigenvalue weighted by Gasteiger charge is -2.14. The van der Waals surface area contributed by atoms with Crippen molar-refractivity contribution < 1.29 is 0 Å². The topological polar surface area (TPSA) is 57.6 Å². The van der Waals surface area contributed by atoms with Crippen LogP contribution in [0.4, 0.5) is 0 Å². The maximum atomic E-state index is 14.3. The van der Waals surface area contributed by atoms with Crippen LogP contribution < -0.4 is 5.56 Å². The third kappa shape index (κ3) is 4.36. The van der Waals surface area contributed by atoms with Crippen molar-refractivity contribution in [1.29, 1.82) is 0 Å². The molecular weight excluding hydrogens is 651 g/mol. The van der Waals surface area contributed by atoms with Crippen molar-refractivity contribution in [2.75, 3.05) is 0 Å². The molecule has 0 atom stereocenters. The van der Waals surface area contributed by atoms with Crippen molar-refractivity contribution in [3.63, 3.8) is 0 Å². The number of para-hydroxylation sites is 4. The number of aromatic nitrogens is 5. The molecule has 5 aromatic heterocycles. The Morgan fingerprint density at radius 3 is 1.57 bits per heavy atom. The van der Waals surface area contributed by atoms with Crippen molar-refractivity contribution >= 4 is 65.4 Å². The lowest BCUT2D eigenvalue weighted by Crippen LogP contribution is -2.20. The Balaban J connectivity index is 1.11. The highest BCUT2D eigenvalue weighted by molar-refractivity contribution is 6.13. The maximum absolute atomic E-state index is 14.3. The number of fused-ring (bicyclic) bond motifs is 9. The van der Waals surface area contributed by atoms with Gasteiger partial charge in [0.2, 0.25) is 0 Å². The molecular formula is C47H29N5O. The van der Waals surface area contributed by atoms with E-state index in [1.807, 2.05) is 48.5 Å². The van der Waals surface area contributed by atoms with E-state index in [1.54, 1.807) is 17.0 Å². The van der Waals surface area contributed by atoms with E-state index in [9.17, 15) is 4.79 Å². The minimum absolute atomic E-state index is 0.109. The van der Waals surface area contributed by atoms with Crippen LogP contribution in [0.1, 0.15) is 0 Å². The van der Waals surface area contributed by atoms with Gasteiger partial charge in [-0.25, -0.2) is 4.98 Å². The maximum Gasteiger partial charge on any atom is 0.263 e. The Hall–Kier alpha value is -7.31. The lowest BCUT2D eigenvalue weighted by atomic mass is 10.0. The standard InChI is InChI=1S/C47H29N5O/c53-47-38-28-45(49-29-39(38)46-44(20-11-25-48-46)51(47)33-14-5-2-6-15-33)52-41-19-10-8-17-35(41)37-27-31(22-24-43(37)52)30-21-23-42-36(26-30)34-16-7-9-18-40(34)50(42)32-12-3-1-4-13-32/h1-29H. The minimum Gasteiger partial charge on any atom is -0.309 e. The van der Waals surface area contributed by atoms with Crippen molar-refractivity contribution in [1.82, 2.24) is 23.7 Å². The van der Waals surface area contributed by atoms with Crippen LogP contribution in [0.3, 0.4) is 0 Å². The fourth-order valence-electron chi connectivity index (χ4n) is 8.19. The Morgan fingerprint density at radius 2 is 0.906 bits per heavy atom. The van der Waals surface area contributed by atoms with Gasteiger partial charge in [-0.05, 0) is 90.0 Å². The van der Waals surface area contributed by atoms with E-state index in [2.05, 4.69) is 124 Å². The third-order valence-corrected chi connectivity index (χ3v) is 10.5. The Kier molecular flexibility index (Phi) is 6.30. The molecule has 0 saturated carbocycles. The minimum atomic E-state index is -0.109. The molecule has 0 saturated heterocycles. The smallest absolute Gasteiger partial charge is 0.263 e. The van der Waals surface area contributed by atoms with Gasteiger partial charge < -0.3 is 4.57 Å². The zero-order chi connectivity index (χ0) is 35.0. The number of hydrogen-bond donors (Lipinski definition) is 0. The molecule has 0 aliphatic carbocycles. The number of hydrogen-bond acceptors (Lipinski definition) is 3. The first-order chi connectivity index (χ1) is 26.2. The van der Waals surface area contributed by atoms with Crippen molar-refractivity contribution in [3.8, 4) is 28.3 Å². The summed E-state index contributed by atoms with van der Waals surface area (Å²) in [5.41, 5.74) is 10.0. The Morgan fingerprint density at radius 1 is 0.377 bits per heavy atom. The molecule has 0 amide bonds. The van der Waals surface area contributed by atoms with Gasteiger partial charge in [0.25, 0.3) is 5.56 Å². The molecule has 5 heterocycles. The summed E-state index contributed by atoms with van der Waals surface area (Å²) in [6.07, 6.45) is 3.56. The highest BCUT2D eigenvalue weighted by atomic mass is 16.1. The van der Waals surface area contributed by atoms with E-state index in [-0.39, 0.29) is 5.56 Å². The van der Waals surface area contributed by atoms with Crippen LogP contribution in [0.5, 0.6) is 0 Å². The summed E-state index contributed by atoms with van der Waals surface area (Å²) < 4.78 is 6.26. The van der Waals surface area contributed by atoms with Gasteiger partial charge >= 0.3 is 0 Å². The van der Waals surface area contributed by atoms with Gasteiger partial charge in [0.15, 0.2) is 0 Å². The Labute approximate surface area is 303 Å². The van der Waals surface area contributed by atoms with E-state index in [0.717, 1.165) is 60.7 Å². The van der Waals surface area contributed by atoms with E-state index in [1.165, 1.54) is 21.8 Å². The fourth-order valence-corrected chi connectivity index (χ4v) is 8.19. The number of benzene rings is 6. The number of rotatable bonds is 4. The van der Waals surface area contributed by atoms with Gasteiger partial charge in [0.05, 0.1) is 38.5 Å². The summed E-state index contributed by atoms with van der Waals surface area (Å²) in [5.74, 6) is 0.679. The van der Waals surface area contributed by atoms with Crippen LogP contribution >= 0.6 is 0 Å². The van der Waals surface area contributed by atoms with E-state index in [0.29, 0.717) is 11.2 Å². The highest BCUT2D eigenvalue weighted by Gasteiger charge is 2.19. The molecule has 0 aliphatic rings. The summed E-state index contributed by atoms with van der Waals surface area (Å²) >= 11 is 0. The SMILES string of the molecule is O=c1c2cc(-n3c4ccccc4c4cc(-c5ccc6c(c5)c5ccccc5n6-c5ccccc5)ccc43)ncc2c2ncccc2n1-c1ccccc1. The highest BCUT2D eigenvalue weighted by Crippen LogP contribution is 2.38. The van der Waals surface area contributed by atoms with Gasteiger partial charge in [-0.1, -0.05) is 84.9 Å². The second-order valence-electron chi connectivity index (χ2n) is 13.4. The van der Waals surface area contributed by atoms with Crippen molar-refractivity contribution in [2.24, 2.45) is 0 Å². The van der Waals surface area contributed by atoms with Crippen LogP contribution in [-0.4, -0.2) is 23.7 Å². The molecule has 53 heavy (non-hydrogen) atoms. The van der Waals surface area contributed by atoms with Crippen LogP contribution in [0.2, 0.25) is 0 Å². The number of nitrogens with zero attached hydrogens (tertiary/aromatic N) is 5. The number of pyridine rings is 3. The van der Waals surface area contributed by atoms with E-state index < -0.39 is 0 Å². The molecule has 248 valence electrons. The Bertz CT molecular complexity index is 3300. The quantitative estimate of drug-likeness (QED) is 0.174. The first-order valence-electron chi connectivity index (χ1n) is 17.7. The zero-order valence-electron chi connectivity index (χ0n) is 28.4. The first kappa shape index (κ1) is 29.4. The zero-order valence-corrected chi connectivity index (χ0v) is 28.4.